The van der Waals surface area contributed by atoms with E-state index in [0.717, 1.165) is 126 Å². The number of amides is 4. The van der Waals surface area contributed by atoms with E-state index < -0.39 is 51.3 Å². The van der Waals surface area contributed by atoms with Gasteiger partial charge in [-0.1, -0.05) is 82.5 Å². The number of nitrogens with one attached hydrogen (secondary N) is 5. The molecular weight excluding hydrogens is 1980 g/mol. The van der Waals surface area contributed by atoms with Gasteiger partial charge in [0.25, 0.3) is 46.0 Å². The third-order valence-electron chi connectivity index (χ3n) is 24.3. The fourth-order valence-corrected chi connectivity index (χ4v) is 24.0. The zero-order chi connectivity index (χ0) is 96.3. The van der Waals surface area contributed by atoms with Gasteiger partial charge in [-0.25, -0.2) is 53.0 Å². The molecule has 724 valence electrons. The Hall–Kier alpha value is -12.3. The van der Waals surface area contributed by atoms with Gasteiger partial charge in [-0.3, -0.25) is 38.1 Å². The number of halogens is 5. The lowest BCUT2D eigenvalue weighted by Crippen LogP contribution is -2.55. The first kappa shape index (κ1) is 97.7. The molecule has 5 N–H and O–H groups in total. The Kier molecular flexibility index (Phi) is 30.5. The van der Waals surface area contributed by atoms with Crippen LogP contribution in [0.25, 0.3) is 10.9 Å². The number of piperidine rings is 2. The smallest absolute Gasteiger partial charge is 0.263 e. The number of anilines is 9. The molecule has 0 radical (unpaired) electrons. The fourth-order valence-electron chi connectivity index (χ4n) is 17.0. The standard InChI is InChI=1S/C27H27Cl2N7O3S.C24H23ClN4O3S2.C21H20N4O3S2.C20H19ClFN5O4S2.6H2/c1-18(36-10-2-3-19-15-21(28)4-9-24(19)36)26(37)35-13-11-34(12-14-35)22-5-7-23(8-6-22)40(38,39)33-25-20(16-30)17-31-27(29)32-25;25-20-4-1-19-9-13-29(22(19)15-20)16-23(30)28-11-7-18(8-12-28)17-2-5-21(6-3-17)34(31,32)27-24-26-10-14-33-24;26-19-21(17-3-1-2-4-18(17)23-19)9-12-25(13-10-21)15-5-7-16(8-6-15)30(27,28)24-20-22-11-14-29-20;21-17-11-15(3-6-18(17)22)31-12-19(28)27-9-7-26(8-10-27)14-1-4-16(5-2-14)33(29,30)25-20-24-23-13-32-20;;;;;;/h4-9,15,17-18H,2-3,10-14H2,1H3,(H,31,32,33);1-6,9-10,13-15,18H,7-8,11-12,16H2,(H,26,27);1-8,11,14H,9-10,12-13H2,(H,22,24)(H,23,26);1-6,11,13H,7-10,12H2,(H,24,25);6*1H/t18-;;;;;;;;;/m1........./s1. The highest BCUT2D eigenvalue weighted by molar-refractivity contribution is 7.93. The summed E-state index contributed by atoms with van der Waals surface area (Å²) >= 11 is 27.4. The molecule has 13 aromatic rings. The first-order chi connectivity index (χ1) is 65.8. The Morgan fingerprint density at radius 1 is 0.591 bits per heavy atom. The van der Waals surface area contributed by atoms with Gasteiger partial charge in [-0.2, -0.15) is 10.2 Å². The van der Waals surface area contributed by atoms with Crippen molar-refractivity contribution in [2.24, 2.45) is 0 Å². The molecule has 6 aliphatic rings. The van der Waals surface area contributed by atoms with Crippen LogP contribution in [0.5, 0.6) is 5.75 Å². The van der Waals surface area contributed by atoms with E-state index in [1.807, 2.05) is 125 Å². The van der Waals surface area contributed by atoms with E-state index in [-0.39, 0.29) is 97.8 Å². The molecule has 1 atom stereocenters. The number of fused-ring (bicyclic) bond motifs is 4. The number of carbonyl (C=O) groups excluding carboxylic acids is 4. The molecule has 6 aliphatic heterocycles. The van der Waals surface area contributed by atoms with Gasteiger partial charge >= 0.3 is 0 Å². The van der Waals surface area contributed by atoms with Crippen molar-refractivity contribution in [3.8, 4) is 11.8 Å². The molecular formula is C92H101Cl4FN20O13S7. The zero-order valence-corrected chi connectivity index (χ0v) is 81.9. The molecule has 11 heterocycles. The monoisotopic (exact) mass is 2080 g/mol. The maximum Gasteiger partial charge on any atom is 0.263 e. The van der Waals surface area contributed by atoms with E-state index in [1.54, 1.807) is 76.6 Å². The van der Waals surface area contributed by atoms with Gasteiger partial charge in [0.1, 0.15) is 41.3 Å². The van der Waals surface area contributed by atoms with Crippen molar-refractivity contribution in [3.05, 3.63) is 271 Å². The number of piperazine rings is 2. The van der Waals surface area contributed by atoms with Gasteiger partial charge in [-0.05, 0) is 225 Å². The van der Waals surface area contributed by atoms with Gasteiger partial charge < -0.3 is 48.9 Å². The average molecular weight is 2080 g/mol. The first-order valence-corrected chi connectivity index (χ1v) is 53.3. The van der Waals surface area contributed by atoms with Crippen LogP contribution in [-0.2, 0) is 77.7 Å². The molecule has 19 rings (SSSR count). The topological polar surface area (TPSA) is 403 Å². The largest absolute Gasteiger partial charge is 0.484 e. The number of rotatable bonds is 23. The lowest BCUT2D eigenvalue weighted by atomic mass is 9.73. The molecule has 0 aliphatic carbocycles. The second kappa shape index (κ2) is 42.7. The minimum atomic E-state index is -4.01. The number of hydrogen-bond acceptors (Lipinski definition) is 27. The summed E-state index contributed by atoms with van der Waals surface area (Å²) in [6.45, 7) is 10.2. The van der Waals surface area contributed by atoms with Crippen molar-refractivity contribution < 1.29 is 70.5 Å². The highest BCUT2D eigenvalue weighted by Gasteiger charge is 2.48. The average Bonchev–Trinajstić information content (AvgIpc) is 1.59. The van der Waals surface area contributed by atoms with Gasteiger partial charge in [0, 0.05) is 173 Å². The maximum absolute atomic E-state index is 13.4. The second-order valence-corrected chi connectivity index (χ2v) is 43.5. The molecule has 137 heavy (non-hydrogen) atoms. The van der Waals surface area contributed by atoms with Gasteiger partial charge in [-0.15, -0.1) is 32.9 Å². The Bertz CT molecular complexity index is 7100. The van der Waals surface area contributed by atoms with Crippen LogP contribution in [0.4, 0.5) is 54.0 Å². The maximum atomic E-state index is 13.4. The summed E-state index contributed by atoms with van der Waals surface area (Å²) in [7, 11) is -15.1. The molecule has 33 nitrogen and oxygen atoms in total. The summed E-state index contributed by atoms with van der Waals surface area (Å²) in [6.07, 6.45) is 11.2. The molecule has 45 heteroatoms. The molecule has 1 spiro atoms. The van der Waals surface area contributed by atoms with Crippen LogP contribution in [0.1, 0.15) is 75.8 Å². The number of likely N-dealkylation sites (tertiary alicyclic amines) is 1. The molecule has 4 amide bonds. The van der Waals surface area contributed by atoms with Crippen LogP contribution < -0.4 is 48.5 Å². The van der Waals surface area contributed by atoms with Gasteiger partial charge in [0.2, 0.25) is 28.1 Å². The predicted octanol–water partition coefficient (Wildman–Crippen LogP) is 16.7. The van der Waals surface area contributed by atoms with Crippen molar-refractivity contribution in [2.75, 3.05) is 135 Å². The van der Waals surface area contributed by atoms with Crippen molar-refractivity contribution >= 4 is 205 Å². The Morgan fingerprint density at radius 2 is 1.13 bits per heavy atom. The number of benzene rings is 8. The number of nitrogens with zero attached hydrogens (tertiary/aromatic N) is 15. The van der Waals surface area contributed by atoms with E-state index in [9.17, 15) is 62.5 Å². The van der Waals surface area contributed by atoms with Crippen LogP contribution in [0.3, 0.4) is 0 Å². The van der Waals surface area contributed by atoms with E-state index in [2.05, 4.69) is 73.9 Å². The lowest BCUT2D eigenvalue weighted by molar-refractivity contribution is -0.134. The predicted molar refractivity (Wildman–Crippen MR) is 542 cm³/mol. The first-order valence-electron chi connectivity index (χ1n) is 43.2. The summed E-state index contributed by atoms with van der Waals surface area (Å²) in [5.41, 5.74) is 9.89. The number of nitriles is 1. The van der Waals surface area contributed by atoms with E-state index in [4.69, 9.17) is 51.1 Å². The molecule has 0 bridgehead atoms. The number of aromatic nitrogens is 7. The van der Waals surface area contributed by atoms with E-state index in [1.165, 1.54) is 76.2 Å². The minimum Gasteiger partial charge on any atom is -0.484 e. The quantitative estimate of drug-likeness (QED) is 0.0371. The number of aryl methyl sites for hydroxylation is 1. The van der Waals surface area contributed by atoms with E-state index in [0.29, 0.717) is 97.4 Å². The minimum absolute atomic E-state index is 0. The number of para-hydroxylation sites is 1. The van der Waals surface area contributed by atoms with Gasteiger partial charge in [0.05, 0.1) is 36.2 Å². The van der Waals surface area contributed by atoms with Crippen LogP contribution in [0.2, 0.25) is 20.4 Å². The summed E-state index contributed by atoms with van der Waals surface area (Å²) in [4.78, 5) is 81.5. The highest BCUT2D eigenvalue weighted by Crippen LogP contribution is 2.46. The summed E-state index contributed by atoms with van der Waals surface area (Å²) in [5.74, 6) is -0.0360. The summed E-state index contributed by atoms with van der Waals surface area (Å²) in [6, 6.07) is 53.7. The Balaban J connectivity index is 0.000000194. The fraction of sp³-hybridized carbons (Fsp3) is 0.272. The number of carbonyl (C=O) groups is 4. The highest BCUT2D eigenvalue weighted by atomic mass is 35.5. The third-order valence-corrected chi connectivity index (χ3v) is 33.1. The lowest BCUT2D eigenvalue weighted by Gasteiger charge is -2.41. The second-order valence-electron chi connectivity index (χ2n) is 32.6. The van der Waals surface area contributed by atoms with Crippen molar-refractivity contribution in [1.82, 2.24) is 49.4 Å². The van der Waals surface area contributed by atoms with Crippen LogP contribution in [-0.4, -0.2) is 204 Å². The molecule has 8 aromatic carbocycles. The molecule has 4 saturated heterocycles. The molecule has 4 fully saturated rings. The van der Waals surface area contributed by atoms with Crippen molar-refractivity contribution in [3.63, 3.8) is 0 Å². The molecule has 0 unspecified atom stereocenters. The Labute approximate surface area is 831 Å². The summed E-state index contributed by atoms with van der Waals surface area (Å²) in [5, 5.41) is 26.0. The zero-order valence-electron chi connectivity index (χ0n) is 73.1. The van der Waals surface area contributed by atoms with E-state index >= 15 is 0 Å². The third kappa shape index (κ3) is 23.4. The van der Waals surface area contributed by atoms with Crippen LogP contribution >= 0.6 is 80.4 Å². The number of ether oxygens (including phenoxy) is 1. The SMILES string of the molecule is C[C@H](C(=O)N1CCN(c2ccc(S(=O)(=O)Nc3nc(Cl)ncc3C#N)cc2)CC1)N1CCCc2cc(Cl)ccc21.O=C(COc1ccc(F)c(Cl)c1)N1CCN(c2ccc(S(=O)(=O)Nc3nncs3)cc2)CC1.O=C(Cn1ccc2ccc(Cl)cc21)N1CCC(c2ccc(S(=O)(=O)Nc3nccs3)cc2)CC1.O=C1Nc2ccccc2C12CCN(c1ccc(S(=O)(=O)Nc3nccs3)cc1)CC2.[HH].[HH].[HH].[HH].[HH].[HH]. The molecule has 5 aromatic heterocycles. The van der Waals surface area contributed by atoms with Crippen LogP contribution in [0, 0.1) is 17.1 Å². The number of thiazole rings is 2. The number of sulfonamides is 4. The number of hydrogen-bond donors (Lipinski definition) is 5. The summed E-state index contributed by atoms with van der Waals surface area (Å²) < 4.78 is 131. The Morgan fingerprint density at radius 3 is 1.69 bits per heavy atom. The van der Waals surface area contributed by atoms with Gasteiger partial charge in [0.15, 0.2) is 22.7 Å². The van der Waals surface area contributed by atoms with Crippen molar-refractivity contribution in [2.45, 2.75) is 89.0 Å². The normalized spacial score (nSPS) is 15.7. The molecule has 0 saturated carbocycles. The van der Waals surface area contributed by atoms with Crippen LogP contribution in [0.15, 0.2) is 243 Å². The van der Waals surface area contributed by atoms with Crippen molar-refractivity contribution in [1.29, 1.82) is 5.26 Å².